The first-order valence-corrected chi connectivity index (χ1v) is 9.35. The zero-order valence-electron chi connectivity index (χ0n) is 15.3. The van der Waals surface area contributed by atoms with Crippen molar-refractivity contribution in [3.63, 3.8) is 0 Å². The number of hydrogen-bond donors (Lipinski definition) is 1. The van der Waals surface area contributed by atoms with Crippen LogP contribution in [0, 0.1) is 0 Å². The van der Waals surface area contributed by atoms with Crippen LogP contribution in [-0.2, 0) is 14.3 Å². The standard InChI is InChI=1S/C19H37NO3/c1-4-7-8-9-10-11-12-13-15-18(21)20-17-14-16-19(22-5-2)23-6-3/h4,19H,1,5-17H2,2-3H3,(H,20,21). The van der Waals surface area contributed by atoms with E-state index in [2.05, 4.69) is 11.9 Å². The van der Waals surface area contributed by atoms with E-state index in [4.69, 9.17) is 9.47 Å². The molecule has 0 aliphatic rings. The summed E-state index contributed by atoms with van der Waals surface area (Å²) < 4.78 is 11.0. The predicted octanol–water partition coefficient (Wildman–Crippen LogP) is 4.59. The Kier molecular flexibility index (Phi) is 16.8. The summed E-state index contributed by atoms with van der Waals surface area (Å²) in [5.74, 6) is 0.168. The average molecular weight is 328 g/mol. The van der Waals surface area contributed by atoms with Crippen molar-refractivity contribution in [2.75, 3.05) is 19.8 Å². The Morgan fingerprint density at radius 3 is 2.22 bits per heavy atom. The highest BCUT2D eigenvalue weighted by molar-refractivity contribution is 5.75. The minimum atomic E-state index is -0.136. The molecule has 1 N–H and O–H groups in total. The molecular formula is C19H37NO3. The molecule has 0 aliphatic carbocycles. The molecule has 0 saturated heterocycles. The maximum atomic E-state index is 11.7. The van der Waals surface area contributed by atoms with Crippen molar-refractivity contribution in [3.8, 4) is 0 Å². The highest BCUT2D eigenvalue weighted by atomic mass is 16.7. The van der Waals surface area contributed by atoms with Gasteiger partial charge in [-0.15, -0.1) is 6.58 Å². The van der Waals surface area contributed by atoms with Gasteiger partial charge >= 0.3 is 0 Å². The lowest BCUT2D eigenvalue weighted by Crippen LogP contribution is -2.26. The zero-order chi connectivity index (χ0) is 17.2. The lowest BCUT2D eigenvalue weighted by molar-refractivity contribution is -0.140. The number of rotatable bonds is 17. The second kappa shape index (κ2) is 17.5. The first-order chi connectivity index (χ1) is 11.2. The zero-order valence-corrected chi connectivity index (χ0v) is 15.3. The molecule has 0 aromatic rings. The van der Waals surface area contributed by atoms with Crippen molar-refractivity contribution in [1.82, 2.24) is 5.32 Å². The molecule has 0 aromatic carbocycles. The number of ether oxygens (including phenoxy) is 2. The molecule has 0 spiro atoms. The number of nitrogens with one attached hydrogen (secondary N) is 1. The fourth-order valence-electron chi connectivity index (χ4n) is 2.45. The Morgan fingerprint density at radius 2 is 1.61 bits per heavy atom. The Morgan fingerprint density at radius 1 is 1.00 bits per heavy atom. The van der Waals surface area contributed by atoms with E-state index in [1.54, 1.807) is 0 Å². The SMILES string of the molecule is C=CCCCCCCCCC(=O)NCCCC(OCC)OCC. The van der Waals surface area contributed by atoms with Crippen LogP contribution < -0.4 is 5.32 Å². The van der Waals surface area contributed by atoms with Crippen LogP contribution in [0.15, 0.2) is 12.7 Å². The number of carbonyl (C=O) groups excluding carboxylic acids is 1. The normalized spacial score (nSPS) is 10.9. The molecule has 0 aromatic heterocycles. The van der Waals surface area contributed by atoms with Crippen molar-refractivity contribution in [3.05, 3.63) is 12.7 Å². The summed E-state index contributed by atoms with van der Waals surface area (Å²) in [5.41, 5.74) is 0. The van der Waals surface area contributed by atoms with Gasteiger partial charge in [-0.3, -0.25) is 4.79 Å². The fourth-order valence-corrected chi connectivity index (χ4v) is 2.45. The van der Waals surface area contributed by atoms with Crippen molar-refractivity contribution in [2.24, 2.45) is 0 Å². The molecule has 0 unspecified atom stereocenters. The van der Waals surface area contributed by atoms with Gasteiger partial charge < -0.3 is 14.8 Å². The maximum Gasteiger partial charge on any atom is 0.219 e. The van der Waals surface area contributed by atoms with Crippen molar-refractivity contribution >= 4 is 5.91 Å². The molecule has 136 valence electrons. The summed E-state index contributed by atoms with van der Waals surface area (Å²) in [5, 5.41) is 2.98. The van der Waals surface area contributed by atoms with Gasteiger partial charge in [-0.2, -0.15) is 0 Å². The van der Waals surface area contributed by atoms with Gasteiger partial charge in [-0.05, 0) is 39.5 Å². The van der Waals surface area contributed by atoms with Crippen LogP contribution in [0.25, 0.3) is 0 Å². The summed E-state index contributed by atoms with van der Waals surface area (Å²) in [6, 6.07) is 0. The quantitative estimate of drug-likeness (QED) is 0.241. The van der Waals surface area contributed by atoms with E-state index in [1.165, 1.54) is 25.7 Å². The molecule has 1 amide bonds. The average Bonchev–Trinajstić information content (AvgIpc) is 2.54. The minimum Gasteiger partial charge on any atom is -0.356 e. The topological polar surface area (TPSA) is 47.6 Å². The summed E-state index contributed by atoms with van der Waals surface area (Å²) >= 11 is 0. The Labute approximate surface area is 143 Å². The van der Waals surface area contributed by atoms with Gasteiger partial charge in [0.25, 0.3) is 0 Å². The van der Waals surface area contributed by atoms with Gasteiger partial charge in [0.05, 0.1) is 0 Å². The van der Waals surface area contributed by atoms with Gasteiger partial charge in [-0.25, -0.2) is 0 Å². The van der Waals surface area contributed by atoms with Gasteiger partial charge in [-0.1, -0.05) is 31.8 Å². The monoisotopic (exact) mass is 327 g/mol. The van der Waals surface area contributed by atoms with E-state index in [0.717, 1.165) is 32.1 Å². The summed E-state index contributed by atoms with van der Waals surface area (Å²) in [4.78, 5) is 11.7. The number of carbonyl (C=O) groups is 1. The van der Waals surface area contributed by atoms with Crippen LogP contribution in [0.4, 0.5) is 0 Å². The third-order valence-corrected chi connectivity index (χ3v) is 3.71. The fraction of sp³-hybridized carbons (Fsp3) is 0.842. The van der Waals surface area contributed by atoms with E-state index in [-0.39, 0.29) is 12.2 Å². The molecule has 4 nitrogen and oxygen atoms in total. The van der Waals surface area contributed by atoms with Crippen LogP contribution in [0.2, 0.25) is 0 Å². The lowest BCUT2D eigenvalue weighted by atomic mass is 10.1. The molecule has 0 aliphatic heterocycles. The van der Waals surface area contributed by atoms with E-state index in [9.17, 15) is 4.79 Å². The largest absolute Gasteiger partial charge is 0.356 e. The van der Waals surface area contributed by atoms with Crippen LogP contribution in [-0.4, -0.2) is 32.0 Å². The molecule has 0 fully saturated rings. The van der Waals surface area contributed by atoms with Crippen LogP contribution in [0.3, 0.4) is 0 Å². The van der Waals surface area contributed by atoms with Crippen LogP contribution >= 0.6 is 0 Å². The van der Waals surface area contributed by atoms with Crippen molar-refractivity contribution in [2.45, 2.75) is 84.3 Å². The molecule has 23 heavy (non-hydrogen) atoms. The number of allylic oxidation sites excluding steroid dienone is 1. The van der Waals surface area contributed by atoms with Crippen molar-refractivity contribution < 1.29 is 14.3 Å². The number of amides is 1. The molecular weight excluding hydrogens is 290 g/mol. The van der Waals surface area contributed by atoms with Crippen LogP contribution in [0.1, 0.15) is 78.1 Å². The lowest BCUT2D eigenvalue weighted by Gasteiger charge is -2.16. The van der Waals surface area contributed by atoms with E-state index in [0.29, 0.717) is 26.2 Å². The predicted molar refractivity (Wildman–Crippen MR) is 96.4 cm³/mol. The molecule has 0 saturated carbocycles. The van der Waals surface area contributed by atoms with E-state index >= 15 is 0 Å². The molecule has 4 heteroatoms. The highest BCUT2D eigenvalue weighted by Crippen LogP contribution is 2.09. The molecule has 0 radical (unpaired) electrons. The summed E-state index contributed by atoms with van der Waals surface area (Å²) in [6.07, 6.45) is 12.5. The third kappa shape index (κ3) is 15.8. The van der Waals surface area contributed by atoms with Crippen molar-refractivity contribution in [1.29, 1.82) is 0 Å². The number of hydrogen-bond acceptors (Lipinski definition) is 3. The van der Waals surface area contributed by atoms with Gasteiger partial charge in [0.2, 0.25) is 5.91 Å². The summed E-state index contributed by atoms with van der Waals surface area (Å²) in [7, 11) is 0. The van der Waals surface area contributed by atoms with Gasteiger partial charge in [0, 0.05) is 32.6 Å². The highest BCUT2D eigenvalue weighted by Gasteiger charge is 2.07. The molecule has 0 bridgehead atoms. The first kappa shape index (κ1) is 22.1. The first-order valence-electron chi connectivity index (χ1n) is 9.35. The molecule has 0 rings (SSSR count). The van der Waals surface area contributed by atoms with E-state index < -0.39 is 0 Å². The number of unbranched alkanes of at least 4 members (excludes halogenated alkanes) is 6. The Bertz CT molecular complexity index is 276. The summed E-state index contributed by atoms with van der Waals surface area (Å²) in [6.45, 7) is 9.68. The molecule has 0 atom stereocenters. The van der Waals surface area contributed by atoms with Gasteiger partial charge in [0.15, 0.2) is 6.29 Å². The second-order valence-corrected chi connectivity index (χ2v) is 5.78. The Balaban J connectivity index is 3.41. The third-order valence-electron chi connectivity index (χ3n) is 3.71. The second-order valence-electron chi connectivity index (χ2n) is 5.78. The minimum absolute atomic E-state index is 0.136. The van der Waals surface area contributed by atoms with E-state index in [1.807, 2.05) is 19.9 Å². The van der Waals surface area contributed by atoms with Gasteiger partial charge in [0.1, 0.15) is 0 Å². The molecule has 0 heterocycles. The van der Waals surface area contributed by atoms with Crippen LogP contribution in [0.5, 0.6) is 0 Å². The smallest absolute Gasteiger partial charge is 0.219 e. The Hall–Kier alpha value is -0.870. The maximum absolute atomic E-state index is 11.7.